The summed E-state index contributed by atoms with van der Waals surface area (Å²) in [5.41, 5.74) is 1.53. The van der Waals surface area contributed by atoms with E-state index in [2.05, 4.69) is 32.1 Å². The van der Waals surface area contributed by atoms with Crippen LogP contribution in [0, 0.1) is 11.3 Å². The first-order valence-corrected chi connectivity index (χ1v) is 12.1. The average molecular weight is 508 g/mol. The summed E-state index contributed by atoms with van der Waals surface area (Å²) in [5.74, 6) is -0.613. The van der Waals surface area contributed by atoms with E-state index in [1.807, 2.05) is 12.1 Å². The highest BCUT2D eigenvalue weighted by molar-refractivity contribution is 6.00. The molecule has 0 aromatic carbocycles. The normalized spacial score (nSPS) is 18.3. The molecule has 1 fully saturated rings. The largest absolute Gasteiger partial charge is 0.387 e. The van der Waals surface area contributed by atoms with Crippen LogP contribution in [0.5, 0.6) is 0 Å². The van der Waals surface area contributed by atoms with E-state index in [9.17, 15) is 19.1 Å². The van der Waals surface area contributed by atoms with E-state index in [1.165, 1.54) is 33.2 Å². The van der Waals surface area contributed by atoms with E-state index in [1.54, 1.807) is 16.6 Å². The van der Waals surface area contributed by atoms with Gasteiger partial charge < -0.3 is 21.1 Å². The van der Waals surface area contributed by atoms with E-state index < -0.39 is 17.7 Å². The monoisotopic (exact) mass is 507 g/mol. The van der Waals surface area contributed by atoms with Crippen molar-refractivity contribution in [3.63, 3.8) is 0 Å². The zero-order chi connectivity index (χ0) is 26.7. The summed E-state index contributed by atoms with van der Waals surface area (Å²) in [7, 11) is 0. The van der Waals surface area contributed by atoms with Crippen molar-refractivity contribution in [2.24, 2.45) is 0 Å². The van der Waals surface area contributed by atoms with Crippen LogP contribution in [0.25, 0.3) is 16.9 Å². The minimum absolute atomic E-state index is 0.00400. The third-order valence-corrected chi connectivity index (χ3v) is 6.45. The van der Waals surface area contributed by atoms with Crippen molar-refractivity contribution < 1.29 is 19.1 Å². The van der Waals surface area contributed by atoms with Gasteiger partial charge in [0.05, 0.1) is 52.1 Å². The lowest BCUT2D eigenvalue weighted by Crippen LogP contribution is -2.42. The molecule has 0 bridgehead atoms. The fourth-order valence-electron chi connectivity index (χ4n) is 4.43. The van der Waals surface area contributed by atoms with Crippen molar-refractivity contribution in [1.82, 2.24) is 25.2 Å². The van der Waals surface area contributed by atoms with Gasteiger partial charge in [0.1, 0.15) is 12.2 Å². The molecular formula is C26H30FN7O3. The summed E-state index contributed by atoms with van der Waals surface area (Å²) in [6.45, 7) is 3.81. The van der Waals surface area contributed by atoms with E-state index in [-0.39, 0.29) is 30.1 Å². The first kappa shape index (κ1) is 26.0. The van der Waals surface area contributed by atoms with Crippen LogP contribution in [0.2, 0.25) is 0 Å². The molecule has 3 heterocycles. The first-order valence-electron chi connectivity index (χ1n) is 12.1. The molecule has 4 rings (SSSR count). The highest BCUT2D eigenvalue weighted by atomic mass is 19.1. The van der Waals surface area contributed by atoms with Gasteiger partial charge in [-0.25, -0.2) is 8.91 Å². The maximum Gasteiger partial charge on any atom is 0.255 e. The molecule has 4 N–H and O–H groups in total. The van der Waals surface area contributed by atoms with Crippen molar-refractivity contribution in [3.8, 4) is 17.5 Å². The van der Waals surface area contributed by atoms with Gasteiger partial charge in [-0.1, -0.05) is 0 Å². The number of alkyl halides is 1. The zero-order valence-corrected chi connectivity index (χ0v) is 21.0. The summed E-state index contributed by atoms with van der Waals surface area (Å²) in [6, 6.07) is 9.22. The number of hydrogen-bond donors (Lipinski definition) is 4. The van der Waals surface area contributed by atoms with Crippen LogP contribution in [0.3, 0.4) is 0 Å². The zero-order valence-electron chi connectivity index (χ0n) is 21.0. The molecule has 1 aliphatic rings. The Labute approximate surface area is 213 Å². The smallest absolute Gasteiger partial charge is 0.255 e. The van der Waals surface area contributed by atoms with Crippen LogP contribution in [-0.4, -0.2) is 61.9 Å². The molecule has 1 saturated carbocycles. The van der Waals surface area contributed by atoms with Crippen LogP contribution in [-0.2, 0) is 4.79 Å². The molecule has 3 aromatic heterocycles. The number of rotatable bonds is 8. The average Bonchev–Trinajstić information content (AvgIpc) is 3.47. The van der Waals surface area contributed by atoms with Gasteiger partial charge in [-0.05, 0) is 57.4 Å². The molecule has 1 aliphatic carbocycles. The number of carbonyl (C=O) groups excluding carboxylic acids is 2. The Hall–Kier alpha value is -4.04. The molecule has 3 atom stereocenters. The third kappa shape index (κ3) is 6.03. The maximum atomic E-state index is 14.3. The molecule has 3 aromatic rings. The lowest BCUT2D eigenvalue weighted by atomic mass is 10.0. The molecule has 0 saturated heterocycles. The summed E-state index contributed by atoms with van der Waals surface area (Å²) < 4.78 is 15.9. The fraction of sp³-hybridized carbons (Fsp3) is 0.423. The number of fused-ring (bicyclic) bond motifs is 1. The van der Waals surface area contributed by atoms with Crippen LogP contribution < -0.4 is 16.0 Å². The van der Waals surface area contributed by atoms with Crippen LogP contribution in [0.4, 0.5) is 10.1 Å². The minimum atomic E-state index is -1.65. The van der Waals surface area contributed by atoms with Crippen molar-refractivity contribution in [1.29, 1.82) is 5.26 Å². The number of nitrogens with zero attached hydrogens (tertiary/aromatic N) is 4. The molecule has 11 heteroatoms. The van der Waals surface area contributed by atoms with Crippen molar-refractivity contribution >= 4 is 23.0 Å². The second kappa shape index (κ2) is 10.5. The highest BCUT2D eigenvalue weighted by Gasteiger charge is 2.29. The van der Waals surface area contributed by atoms with Crippen molar-refractivity contribution in [2.75, 3.05) is 11.9 Å². The van der Waals surface area contributed by atoms with Gasteiger partial charge in [0, 0.05) is 25.2 Å². The Bertz CT molecular complexity index is 1360. The summed E-state index contributed by atoms with van der Waals surface area (Å²) in [4.78, 5) is 29.0. The standard InChI is InChI=1S/C26H30FN7O3/c1-15(35)32-17-4-5-18(9-17)33-21-10-22(23-7-6-19-8-16(11-28)12-31-34(19)23)29-13-20(21)25(36)30-14-24(27)26(2,3)37/h6-8,10,12-13,17-18,24,37H,4-5,9,14H2,1-3H3,(H,29,33)(H,30,36)(H,32,35)/t17-,18+,24?/m0/s1. The number of carbonyl (C=O) groups is 2. The van der Waals surface area contributed by atoms with Crippen LogP contribution >= 0.6 is 0 Å². The number of nitriles is 1. The van der Waals surface area contributed by atoms with E-state index in [0.717, 1.165) is 18.4 Å². The molecule has 0 spiro atoms. The second-order valence-corrected chi connectivity index (χ2v) is 9.91. The van der Waals surface area contributed by atoms with Gasteiger partial charge in [0.25, 0.3) is 5.91 Å². The third-order valence-electron chi connectivity index (χ3n) is 6.45. The molecule has 37 heavy (non-hydrogen) atoms. The lowest BCUT2D eigenvalue weighted by molar-refractivity contribution is -0.119. The van der Waals surface area contributed by atoms with Crippen LogP contribution in [0.15, 0.2) is 36.7 Å². The van der Waals surface area contributed by atoms with Gasteiger partial charge in [-0.15, -0.1) is 0 Å². The lowest BCUT2D eigenvalue weighted by Gasteiger charge is -2.23. The Morgan fingerprint density at radius 2 is 2.03 bits per heavy atom. The Morgan fingerprint density at radius 1 is 1.27 bits per heavy atom. The van der Waals surface area contributed by atoms with E-state index in [4.69, 9.17) is 5.26 Å². The highest BCUT2D eigenvalue weighted by Crippen LogP contribution is 2.29. The van der Waals surface area contributed by atoms with Gasteiger partial charge in [0.15, 0.2) is 0 Å². The number of aliphatic hydroxyl groups is 1. The van der Waals surface area contributed by atoms with Gasteiger partial charge in [-0.3, -0.25) is 14.6 Å². The van der Waals surface area contributed by atoms with Crippen molar-refractivity contribution in [3.05, 3.63) is 47.8 Å². The number of halogens is 1. The quantitative estimate of drug-likeness (QED) is 0.367. The molecule has 2 amide bonds. The van der Waals surface area contributed by atoms with Gasteiger partial charge in [-0.2, -0.15) is 10.4 Å². The number of aromatic nitrogens is 3. The first-order chi connectivity index (χ1) is 17.5. The maximum absolute atomic E-state index is 14.3. The summed E-state index contributed by atoms with van der Waals surface area (Å²) in [5, 5.41) is 32.2. The molecule has 0 radical (unpaired) electrons. The molecule has 0 aliphatic heterocycles. The molecular weight excluding hydrogens is 477 g/mol. The number of anilines is 1. The summed E-state index contributed by atoms with van der Waals surface area (Å²) in [6.07, 6.45) is 3.53. The predicted molar refractivity (Wildman–Crippen MR) is 136 cm³/mol. The molecule has 10 nitrogen and oxygen atoms in total. The number of amides is 2. The SMILES string of the molecule is CC(=O)N[C@H]1CC[C@@H](Nc2cc(-c3ccc4cc(C#N)cnn34)ncc2C(=O)NCC(F)C(C)(C)O)C1. The number of nitrogens with one attached hydrogen (secondary N) is 3. The fourth-order valence-corrected chi connectivity index (χ4v) is 4.43. The Morgan fingerprint density at radius 3 is 2.73 bits per heavy atom. The second-order valence-electron chi connectivity index (χ2n) is 9.91. The van der Waals surface area contributed by atoms with Crippen LogP contribution in [0.1, 0.15) is 56.0 Å². The topological polar surface area (TPSA) is 144 Å². The van der Waals surface area contributed by atoms with Crippen molar-refractivity contribution in [2.45, 2.75) is 63.9 Å². The molecule has 1 unspecified atom stereocenters. The number of hydrogen-bond acceptors (Lipinski definition) is 7. The van der Waals surface area contributed by atoms with E-state index in [0.29, 0.717) is 29.1 Å². The Balaban J connectivity index is 1.63. The minimum Gasteiger partial charge on any atom is -0.387 e. The van der Waals surface area contributed by atoms with Gasteiger partial charge in [0.2, 0.25) is 5.91 Å². The number of pyridine rings is 1. The van der Waals surface area contributed by atoms with E-state index >= 15 is 0 Å². The Kier molecular flexibility index (Phi) is 7.40. The molecule has 194 valence electrons. The van der Waals surface area contributed by atoms with Gasteiger partial charge >= 0.3 is 0 Å². The predicted octanol–water partition coefficient (Wildman–Crippen LogP) is 2.58. The summed E-state index contributed by atoms with van der Waals surface area (Å²) >= 11 is 0.